The van der Waals surface area contributed by atoms with Crippen molar-refractivity contribution >= 4 is 25.4 Å². The molecular weight excluding hydrogens is 175 g/mol. The van der Waals surface area contributed by atoms with Gasteiger partial charge in [-0.1, -0.05) is 0 Å². The highest BCUT2D eigenvalue weighted by Crippen LogP contribution is 1.87. The lowest BCUT2D eigenvalue weighted by molar-refractivity contribution is 0.162. The molecule has 0 aliphatic carbocycles. The van der Waals surface area contributed by atoms with E-state index in [4.69, 9.17) is 0 Å². The Hall–Kier alpha value is -1.04. The van der Waals surface area contributed by atoms with Crippen LogP contribution in [0.15, 0.2) is 16.6 Å². The Balaban J connectivity index is 2.83. The molecule has 1 heterocycles. The van der Waals surface area contributed by atoms with Gasteiger partial charge >= 0.3 is 6.09 Å². The lowest BCUT2D eigenvalue weighted by Crippen LogP contribution is -2.14. The zero-order valence-electron chi connectivity index (χ0n) is 6.98. The van der Waals surface area contributed by atoms with Crippen LogP contribution in [0, 0.1) is 0 Å². The van der Waals surface area contributed by atoms with Gasteiger partial charge in [-0.05, 0) is 6.92 Å². The molecule has 1 amide bonds. The van der Waals surface area contributed by atoms with Crippen molar-refractivity contribution in [3.05, 3.63) is 16.4 Å². The van der Waals surface area contributed by atoms with Crippen molar-refractivity contribution in [2.24, 2.45) is 4.99 Å². The number of aromatic nitrogens is 1. The quantitative estimate of drug-likeness (QED) is 0.576. The van der Waals surface area contributed by atoms with Gasteiger partial charge in [0.25, 0.3) is 0 Å². The molecular formula is C6H9BN2O2S. The molecule has 0 aliphatic rings. The minimum absolute atomic E-state index is 0.359. The van der Waals surface area contributed by atoms with E-state index in [-0.39, 0.29) is 0 Å². The Morgan fingerprint density at radius 1 is 1.92 bits per heavy atom. The molecule has 0 atom stereocenters. The van der Waals surface area contributed by atoms with E-state index in [0.717, 1.165) is 0 Å². The van der Waals surface area contributed by atoms with Gasteiger partial charge in [0.05, 0.1) is 6.61 Å². The van der Waals surface area contributed by atoms with Crippen LogP contribution in [0.1, 0.15) is 6.92 Å². The third kappa shape index (κ3) is 2.23. The summed E-state index contributed by atoms with van der Waals surface area (Å²) < 4.78 is 6.42. The molecule has 1 rings (SSSR count). The molecule has 1 aromatic rings. The van der Waals surface area contributed by atoms with E-state index in [1.54, 1.807) is 11.4 Å². The normalized spacial score (nSPS) is 11.6. The number of nitrogens with zero attached hydrogens (tertiary/aromatic N) is 2. The summed E-state index contributed by atoms with van der Waals surface area (Å²) in [5, 5.41) is 1.86. The number of carbonyl (C=O) groups excluding carboxylic acids is 1. The molecule has 0 spiro atoms. The molecule has 0 fully saturated rings. The summed E-state index contributed by atoms with van der Waals surface area (Å²) in [5.74, 6) is 0. The Kier molecular flexibility index (Phi) is 3.10. The van der Waals surface area contributed by atoms with E-state index >= 15 is 0 Å². The molecule has 0 saturated carbocycles. The summed E-state index contributed by atoms with van der Waals surface area (Å²) in [6, 6.07) is 0. The maximum atomic E-state index is 10.9. The number of ether oxygens (including phenoxy) is 1. The maximum Gasteiger partial charge on any atom is 0.436 e. The summed E-state index contributed by atoms with van der Waals surface area (Å²) in [7, 11) is 1.83. The number of carbonyl (C=O) groups is 1. The van der Waals surface area contributed by atoms with Crippen LogP contribution in [-0.4, -0.2) is 25.2 Å². The van der Waals surface area contributed by atoms with Crippen LogP contribution in [0.2, 0.25) is 0 Å². The lowest BCUT2D eigenvalue weighted by Gasteiger charge is -1.93. The summed E-state index contributed by atoms with van der Waals surface area (Å²) in [6.45, 7) is 2.11. The standard InChI is InChI=1S/C6H9BN2O2S/c1-2-11-6(10)8-5-9(7)3-4-12-5/h3-4H,2,7H2,1H3/b8-5-. The first-order valence-electron chi connectivity index (χ1n) is 3.55. The van der Waals surface area contributed by atoms with Gasteiger partial charge in [-0.2, -0.15) is 0 Å². The second kappa shape index (κ2) is 4.11. The molecule has 0 saturated heterocycles. The van der Waals surface area contributed by atoms with Gasteiger partial charge in [-0.15, -0.1) is 16.3 Å². The predicted molar refractivity (Wildman–Crippen MR) is 48.8 cm³/mol. The van der Waals surface area contributed by atoms with Crippen LogP contribution in [-0.2, 0) is 4.74 Å². The average molecular weight is 184 g/mol. The van der Waals surface area contributed by atoms with Crippen molar-refractivity contribution in [2.45, 2.75) is 6.92 Å². The molecule has 0 bridgehead atoms. The summed E-state index contributed by atoms with van der Waals surface area (Å²) >= 11 is 1.40. The van der Waals surface area contributed by atoms with Crippen molar-refractivity contribution < 1.29 is 9.53 Å². The van der Waals surface area contributed by atoms with E-state index in [1.807, 2.05) is 19.6 Å². The van der Waals surface area contributed by atoms with E-state index in [2.05, 4.69) is 9.73 Å². The predicted octanol–water partition coefficient (Wildman–Crippen LogP) is 0.00300. The van der Waals surface area contributed by atoms with Crippen molar-refractivity contribution in [3.63, 3.8) is 0 Å². The largest absolute Gasteiger partial charge is 0.448 e. The number of hydrogen-bond acceptors (Lipinski definition) is 3. The Morgan fingerprint density at radius 2 is 2.67 bits per heavy atom. The second-order valence-electron chi connectivity index (χ2n) is 2.11. The van der Waals surface area contributed by atoms with Crippen molar-refractivity contribution in [2.75, 3.05) is 6.61 Å². The van der Waals surface area contributed by atoms with E-state index in [0.29, 0.717) is 11.4 Å². The van der Waals surface area contributed by atoms with Crippen LogP contribution < -0.4 is 4.80 Å². The van der Waals surface area contributed by atoms with Crippen LogP contribution in [0.5, 0.6) is 0 Å². The molecule has 12 heavy (non-hydrogen) atoms. The fourth-order valence-electron chi connectivity index (χ4n) is 0.669. The number of thiazole rings is 1. The molecule has 0 aromatic carbocycles. The monoisotopic (exact) mass is 184 g/mol. The zero-order chi connectivity index (χ0) is 8.97. The van der Waals surface area contributed by atoms with Crippen LogP contribution >= 0.6 is 11.3 Å². The highest BCUT2D eigenvalue weighted by atomic mass is 32.1. The second-order valence-corrected chi connectivity index (χ2v) is 2.98. The minimum Gasteiger partial charge on any atom is -0.448 e. The third-order valence-corrected chi connectivity index (χ3v) is 2.06. The van der Waals surface area contributed by atoms with Gasteiger partial charge in [0.1, 0.15) is 0 Å². The fraction of sp³-hybridized carbons (Fsp3) is 0.333. The summed E-state index contributed by atoms with van der Waals surface area (Å²) in [4.78, 5) is 15.2. The van der Waals surface area contributed by atoms with E-state index in [9.17, 15) is 4.79 Å². The number of rotatable bonds is 1. The van der Waals surface area contributed by atoms with Gasteiger partial charge < -0.3 is 9.21 Å². The molecule has 0 radical (unpaired) electrons. The van der Waals surface area contributed by atoms with Gasteiger partial charge in [-0.25, -0.2) is 4.79 Å². The summed E-state index contributed by atoms with van der Waals surface area (Å²) in [5.41, 5.74) is 0. The highest BCUT2D eigenvalue weighted by molar-refractivity contribution is 7.07. The molecule has 1 aromatic heterocycles. The third-order valence-electron chi connectivity index (χ3n) is 1.21. The molecule has 0 unspecified atom stereocenters. The van der Waals surface area contributed by atoms with Crippen molar-refractivity contribution in [3.8, 4) is 0 Å². The zero-order valence-corrected chi connectivity index (χ0v) is 7.80. The van der Waals surface area contributed by atoms with Gasteiger partial charge in [-0.3, -0.25) is 0 Å². The minimum atomic E-state index is -0.532. The van der Waals surface area contributed by atoms with Gasteiger partial charge in [0, 0.05) is 11.6 Å². The van der Waals surface area contributed by atoms with Crippen molar-refractivity contribution in [1.29, 1.82) is 0 Å². The number of amides is 1. The van der Waals surface area contributed by atoms with Crippen molar-refractivity contribution in [1.82, 2.24) is 4.48 Å². The average Bonchev–Trinajstić information content (AvgIpc) is 2.37. The molecule has 4 nitrogen and oxygen atoms in total. The topological polar surface area (TPSA) is 43.6 Å². The molecule has 0 N–H and O–H groups in total. The first-order chi connectivity index (χ1) is 5.74. The Labute approximate surface area is 74.9 Å². The fourth-order valence-corrected chi connectivity index (χ4v) is 1.39. The summed E-state index contributed by atoms with van der Waals surface area (Å²) in [6.07, 6.45) is 1.30. The van der Waals surface area contributed by atoms with Crippen LogP contribution in [0.3, 0.4) is 0 Å². The molecule has 64 valence electrons. The highest BCUT2D eigenvalue weighted by Gasteiger charge is 1.96. The Morgan fingerprint density at radius 3 is 3.17 bits per heavy atom. The first-order valence-corrected chi connectivity index (χ1v) is 4.43. The Bertz CT molecular complexity index is 330. The molecule has 0 aliphatic heterocycles. The SMILES string of the molecule is Bn1ccs/c1=N\C(=O)OCC. The maximum absolute atomic E-state index is 10.9. The van der Waals surface area contributed by atoms with Gasteiger partial charge in [0.15, 0.2) is 4.80 Å². The van der Waals surface area contributed by atoms with E-state index in [1.165, 1.54) is 11.3 Å². The van der Waals surface area contributed by atoms with E-state index < -0.39 is 6.09 Å². The van der Waals surface area contributed by atoms with Gasteiger partial charge in [0.2, 0.25) is 7.98 Å². The molecule has 6 heteroatoms. The van der Waals surface area contributed by atoms with Crippen LogP contribution in [0.4, 0.5) is 4.79 Å². The van der Waals surface area contributed by atoms with Crippen LogP contribution in [0.25, 0.3) is 0 Å². The lowest BCUT2D eigenvalue weighted by atomic mass is 10.4. The first kappa shape index (κ1) is 9.06. The number of hydrogen-bond donors (Lipinski definition) is 0. The smallest absolute Gasteiger partial charge is 0.436 e.